The van der Waals surface area contributed by atoms with Gasteiger partial charge in [0.05, 0.1) is 15.7 Å². The Hall–Kier alpha value is -3.22. The summed E-state index contributed by atoms with van der Waals surface area (Å²) < 4.78 is 76.5. The highest BCUT2D eigenvalue weighted by atomic mass is 32.2. The van der Waals surface area contributed by atoms with Crippen LogP contribution in [0.1, 0.15) is 27.5 Å². The quantitative estimate of drug-likeness (QED) is 0.234. The maximum Gasteiger partial charge on any atom is 0.511 e. The monoisotopic (exact) mass is 539 g/mol. The lowest BCUT2D eigenvalue weighted by atomic mass is 10.00. The number of thioether (sulfide) groups is 1. The van der Waals surface area contributed by atoms with Gasteiger partial charge in [0, 0.05) is 17.9 Å². The molecule has 0 aromatic heterocycles. The van der Waals surface area contributed by atoms with Gasteiger partial charge >= 0.3 is 12.3 Å². The Balaban J connectivity index is 1.50. The largest absolute Gasteiger partial charge is 0.511 e. The standard InChI is InChI=1S/C24H20F3NO6S2/c25-24(26,27)16-5-8-18(9-6-16)36(31,32)28-11-12-35-22-19-4-2-1-3-15(19)14-33-21-10-7-17(13-20(21)22)34-23(29)30/h1-10,13,22,28H,11-12,14H2,(H,29,30). The number of fused-ring (bicyclic) bond motifs is 2. The summed E-state index contributed by atoms with van der Waals surface area (Å²) in [5.41, 5.74) is 1.60. The normalized spacial score (nSPS) is 15.2. The summed E-state index contributed by atoms with van der Waals surface area (Å²) in [7, 11) is -4.01. The van der Waals surface area contributed by atoms with E-state index in [1.54, 1.807) is 12.1 Å². The van der Waals surface area contributed by atoms with Gasteiger partial charge in [-0.05, 0) is 53.6 Å². The highest BCUT2D eigenvalue weighted by Gasteiger charge is 2.31. The first-order valence-corrected chi connectivity index (χ1v) is 13.1. The van der Waals surface area contributed by atoms with Crippen molar-refractivity contribution in [1.82, 2.24) is 4.72 Å². The summed E-state index contributed by atoms with van der Waals surface area (Å²) in [5.74, 6) is 0.979. The summed E-state index contributed by atoms with van der Waals surface area (Å²) >= 11 is 1.41. The van der Waals surface area contributed by atoms with Gasteiger partial charge in [-0.3, -0.25) is 0 Å². The molecule has 7 nitrogen and oxygen atoms in total. The maximum atomic E-state index is 12.8. The van der Waals surface area contributed by atoms with E-state index in [1.165, 1.54) is 17.8 Å². The molecule has 12 heteroatoms. The SMILES string of the molecule is O=C(O)Oc1ccc2c(c1)C(SCCNS(=O)(=O)c1ccc(C(F)(F)F)cc1)c1ccccc1CO2. The number of carbonyl (C=O) groups is 1. The van der Waals surface area contributed by atoms with Gasteiger partial charge in [0.15, 0.2) is 0 Å². The molecule has 0 bridgehead atoms. The Kier molecular flexibility index (Phi) is 7.48. The fraction of sp³-hybridized carbons (Fsp3) is 0.208. The molecule has 1 aliphatic rings. The van der Waals surface area contributed by atoms with Crippen LogP contribution in [0.3, 0.4) is 0 Å². The smallest absolute Gasteiger partial charge is 0.489 e. The van der Waals surface area contributed by atoms with Crippen LogP contribution in [-0.2, 0) is 22.8 Å². The Morgan fingerprint density at radius 1 is 1.08 bits per heavy atom. The zero-order valence-electron chi connectivity index (χ0n) is 18.5. The Bertz CT molecular complexity index is 1360. The predicted octanol–water partition coefficient (Wildman–Crippen LogP) is 5.46. The molecule has 36 heavy (non-hydrogen) atoms. The van der Waals surface area contributed by atoms with Crippen molar-refractivity contribution >= 4 is 27.9 Å². The van der Waals surface area contributed by atoms with Crippen molar-refractivity contribution in [1.29, 1.82) is 0 Å². The molecule has 1 atom stereocenters. The van der Waals surface area contributed by atoms with Gasteiger partial charge in [-0.1, -0.05) is 24.3 Å². The molecule has 2 N–H and O–H groups in total. The predicted molar refractivity (Wildman–Crippen MR) is 127 cm³/mol. The van der Waals surface area contributed by atoms with Gasteiger partial charge in [-0.2, -0.15) is 13.2 Å². The van der Waals surface area contributed by atoms with E-state index < -0.39 is 27.9 Å². The molecule has 0 saturated carbocycles. The van der Waals surface area contributed by atoms with Crippen molar-refractivity contribution in [2.24, 2.45) is 0 Å². The second-order valence-corrected chi connectivity index (χ2v) is 10.7. The van der Waals surface area contributed by atoms with Crippen LogP contribution < -0.4 is 14.2 Å². The van der Waals surface area contributed by atoms with Crippen LogP contribution in [0.5, 0.6) is 11.5 Å². The minimum atomic E-state index is -4.56. The average molecular weight is 540 g/mol. The third-order valence-corrected chi connectivity index (χ3v) is 8.12. The first-order chi connectivity index (χ1) is 17.0. The van der Waals surface area contributed by atoms with E-state index in [4.69, 9.17) is 14.6 Å². The summed E-state index contributed by atoms with van der Waals surface area (Å²) in [6, 6.07) is 15.5. The van der Waals surface area contributed by atoms with Crippen molar-refractivity contribution < 1.29 is 41.0 Å². The zero-order valence-corrected chi connectivity index (χ0v) is 20.1. The molecule has 3 aromatic carbocycles. The molecule has 0 aliphatic carbocycles. The first kappa shape index (κ1) is 25.9. The first-order valence-electron chi connectivity index (χ1n) is 10.6. The molecule has 0 radical (unpaired) electrons. The van der Waals surface area contributed by atoms with Gasteiger partial charge in [0.25, 0.3) is 0 Å². The number of alkyl halides is 3. The molecule has 0 spiro atoms. The number of hydrogen-bond acceptors (Lipinski definition) is 6. The van der Waals surface area contributed by atoms with E-state index in [1.807, 2.05) is 24.3 Å². The third kappa shape index (κ3) is 5.94. The van der Waals surface area contributed by atoms with Crippen LogP contribution in [0.15, 0.2) is 71.6 Å². The highest BCUT2D eigenvalue weighted by molar-refractivity contribution is 7.99. The number of halogens is 3. The summed E-state index contributed by atoms with van der Waals surface area (Å²) in [5, 5.41) is 8.66. The van der Waals surface area contributed by atoms with Crippen LogP contribution in [0.4, 0.5) is 18.0 Å². The molecule has 190 valence electrons. The van der Waals surface area contributed by atoms with E-state index in [9.17, 15) is 26.4 Å². The lowest BCUT2D eigenvalue weighted by Crippen LogP contribution is -2.26. The van der Waals surface area contributed by atoms with Crippen LogP contribution in [0.2, 0.25) is 0 Å². The van der Waals surface area contributed by atoms with E-state index in [-0.39, 0.29) is 22.4 Å². The molecular weight excluding hydrogens is 519 g/mol. The number of carboxylic acid groups (broad SMARTS) is 1. The molecule has 1 aliphatic heterocycles. The molecule has 1 heterocycles. The Labute approximate surface area is 209 Å². The van der Waals surface area contributed by atoms with E-state index in [2.05, 4.69) is 4.72 Å². The average Bonchev–Trinajstić information content (AvgIpc) is 2.98. The molecule has 0 fully saturated rings. The number of hydrogen-bond donors (Lipinski definition) is 2. The molecule has 4 rings (SSSR count). The van der Waals surface area contributed by atoms with Gasteiger partial charge in [-0.25, -0.2) is 17.9 Å². The number of nitrogens with one attached hydrogen (secondary N) is 1. The lowest BCUT2D eigenvalue weighted by molar-refractivity contribution is -0.137. The lowest BCUT2D eigenvalue weighted by Gasteiger charge is -2.19. The molecule has 1 unspecified atom stereocenters. The number of rotatable bonds is 7. The second-order valence-electron chi connectivity index (χ2n) is 7.73. The summed E-state index contributed by atoms with van der Waals surface area (Å²) in [4.78, 5) is 10.7. The van der Waals surface area contributed by atoms with Gasteiger partial charge in [0.1, 0.15) is 18.1 Å². The minimum absolute atomic E-state index is 0.00813. The maximum absolute atomic E-state index is 12.8. The van der Waals surface area contributed by atoms with Gasteiger partial charge < -0.3 is 14.6 Å². The summed E-state index contributed by atoms with van der Waals surface area (Å²) in [6.45, 7) is 0.314. The number of benzene rings is 3. The second kappa shape index (κ2) is 10.4. The zero-order chi connectivity index (χ0) is 25.9. The van der Waals surface area contributed by atoms with Crippen molar-refractivity contribution in [3.05, 3.63) is 89.0 Å². The van der Waals surface area contributed by atoms with Crippen molar-refractivity contribution in [2.75, 3.05) is 12.3 Å². The molecule has 0 saturated heterocycles. The Morgan fingerprint density at radius 2 is 1.81 bits per heavy atom. The van der Waals surface area contributed by atoms with Crippen molar-refractivity contribution in [2.45, 2.75) is 22.9 Å². The fourth-order valence-electron chi connectivity index (χ4n) is 3.71. The highest BCUT2D eigenvalue weighted by Crippen LogP contribution is 2.45. The van der Waals surface area contributed by atoms with Crippen LogP contribution in [-0.4, -0.2) is 32.0 Å². The minimum Gasteiger partial charge on any atom is -0.489 e. The molecular formula is C24H20F3NO6S2. The van der Waals surface area contributed by atoms with Gasteiger partial charge in [0.2, 0.25) is 10.0 Å². The van der Waals surface area contributed by atoms with E-state index in [0.717, 1.165) is 35.4 Å². The number of sulfonamides is 1. The van der Waals surface area contributed by atoms with E-state index in [0.29, 0.717) is 23.7 Å². The molecule has 0 amide bonds. The fourth-order valence-corrected chi connectivity index (χ4v) is 6.10. The van der Waals surface area contributed by atoms with Crippen molar-refractivity contribution in [3.63, 3.8) is 0 Å². The third-order valence-electron chi connectivity index (χ3n) is 5.36. The van der Waals surface area contributed by atoms with Crippen molar-refractivity contribution in [3.8, 4) is 11.5 Å². The number of ether oxygens (including phenoxy) is 2. The van der Waals surface area contributed by atoms with Crippen LogP contribution in [0.25, 0.3) is 0 Å². The topological polar surface area (TPSA) is 102 Å². The van der Waals surface area contributed by atoms with Crippen LogP contribution >= 0.6 is 11.8 Å². The summed E-state index contributed by atoms with van der Waals surface area (Å²) in [6.07, 6.45) is -6.01. The Morgan fingerprint density at radius 3 is 2.50 bits per heavy atom. The molecule has 3 aromatic rings. The van der Waals surface area contributed by atoms with Crippen LogP contribution in [0, 0.1) is 0 Å². The van der Waals surface area contributed by atoms with E-state index >= 15 is 0 Å². The van der Waals surface area contributed by atoms with Gasteiger partial charge in [-0.15, -0.1) is 11.8 Å².